The Morgan fingerprint density at radius 1 is 0.952 bits per heavy atom. The van der Waals surface area contributed by atoms with Gasteiger partial charge in [-0.2, -0.15) is 0 Å². The van der Waals surface area contributed by atoms with Crippen molar-refractivity contribution in [2.45, 2.75) is 115 Å². The van der Waals surface area contributed by atoms with Crippen molar-refractivity contribution in [3.8, 4) is 0 Å². The first-order chi connectivity index (χ1) is 19.9. The predicted octanol–water partition coefficient (Wildman–Crippen LogP) is 3.49. The van der Waals surface area contributed by atoms with Crippen LogP contribution in [-0.4, -0.2) is 90.9 Å². The van der Waals surface area contributed by atoms with Crippen LogP contribution in [-0.2, 0) is 29.0 Å². The fraction of sp³-hybridized carbons (Fsp3) is 0.758. The normalized spacial score (nSPS) is 35.2. The van der Waals surface area contributed by atoms with Gasteiger partial charge in [-0.15, -0.1) is 0 Å². The molecular weight excluding hydrogens is 529 g/mol. The number of likely N-dealkylation sites (tertiary alicyclic amines) is 2. The lowest BCUT2D eigenvalue weighted by Gasteiger charge is -2.46. The lowest BCUT2D eigenvalue weighted by atomic mass is 9.71. The van der Waals surface area contributed by atoms with E-state index in [2.05, 4.69) is 69.5 Å². The van der Waals surface area contributed by atoms with Gasteiger partial charge < -0.3 is 23.8 Å². The van der Waals surface area contributed by atoms with Crippen molar-refractivity contribution < 1.29 is 23.6 Å². The molecule has 4 saturated heterocycles. The van der Waals surface area contributed by atoms with Crippen LogP contribution in [0, 0.1) is 11.8 Å². The van der Waals surface area contributed by atoms with E-state index in [1.54, 1.807) is 0 Å². The van der Waals surface area contributed by atoms with Gasteiger partial charge in [0.2, 0.25) is 5.91 Å². The summed E-state index contributed by atoms with van der Waals surface area (Å²) in [4.78, 5) is 34.5. The van der Waals surface area contributed by atoms with Crippen LogP contribution >= 0.6 is 0 Å². The second kappa shape index (κ2) is 10.0. The van der Waals surface area contributed by atoms with Crippen molar-refractivity contribution in [1.29, 1.82) is 0 Å². The highest BCUT2D eigenvalue weighted by Crippen LogP contribution is 2.51. The maximum Gasteiger partial charge on any atom is 0.494 e. The van der Waals surface area contributed by atoms with E-state index in [9.17, 15) is 9.59 Å². The molecule has 7 rings (SSSR count). The molecule has 1 aromatic carbocycles. The number of carbonyl (C=O) groups is 2. The molecule has 5 aliphatic heterocycles. The molecule has 1 aliphatic carbocycles. The van der Waals surface area contributed by atoms with E-state index in [1.165, 1.54) is 0 Å². The highest BCUT2D eigenvalue weighted by molar-refractivity contribution is 6.62. The SMILES string of the molecule is C[C@@H]1CN(C2CC(N3C(=O)C4(CCN(C(=O)[C@@H]5CCCO5)CC4)c4ccc(B5OC(C)(C)C(C)(C)O5)cc43)C2)C[C@@H]1C. The Hall–Kier alpha value is -1.94. The molecule has 6 aliphatic rings. The van der Waals surface area contributed by atoms with E-state index >= 15 is 0 Å². The zero-order chi connectivity index (χ0) is 29.6. The molecule has 1 spiro atoms. The van der Waals surface area contributed by atoms with Gasteiger partial charge in [-0.3, -0.25) is 14.5 Å². The van der Waals surface area contributed by atoms with Gasteiger partial charge in [0.05, 0.1) is 16.6 Å². The molecular formula is C33H48BN3O5. The minimum Gasteiger partial charge on any atom is -0.399 e. The number of nitrogens with zero attached hydrogens (tertiary/aromatic N) is 3. The molecule has 1 aromatic rings. The Morgan fingerprint density at radius 3 is 2.19 bits per heavy atom. The minimum atomic E-state index is -0.584. The number of anilines is 1. The number of fused-ring (bicyclic) bond motifs is 2. The van der Waals surface area contributed by atoms with Gasteiger partial charge in [0.1, 0.15) is 6.10 Å². The van der Waals surface area contributed by atoms with Gasteiger partial charge in [0.25, 0.3) is 5.91 Å². The highest BCUT2D eigenvalue weighted by atomic mass is 16.7. The summed E-state index contributed by atoms with van der Waals surface area (Å²) < 4.78 is 18.5. The monoisotopic (exact) mass is 577 g/mol. The lowest BCUT2D eigenvalue weighted by Crippen LogP contribution is -2.58. The molecule has 3 atom stereocenters. The quantitative estimate of drug-likeness (QED) is 0.511. The molecule has 42 heavy (non-hydrogen) atoms. The fourth-order valence-electron chi connectivity index (χ4n) is 8.20. The van der Waals surface area contributed by atoms with Crippen molar-refractivity contribution in [3.05, 3.63) is 23.8 Å². The molecule has 0 radical (unpaired) electrons. The summed E-state index contributed by atoms with van der Waals surface area (Å²) in [6, 6.07) is 7.17. The average Bonchev–Trinajstić information content (AvgIpc) is 3.67. The van der Waals surface area contributed by atoms with Gasteiger partial charge in [0.15, 0.2) is 0 Å². The van der Waals surface area contributed by atoms with Crippen LogP contribution < -0.4 is 10.4 Å². The number of amides is 2. The number of rotatable bonds is 4. The minimum absolute atomic E-state index is 0.0943. The summed E-state index contributed by atoms with van der Waals surface area (Å²) in [6.45, 7) is 17.2. The van der Waals surface area contributed by atoms with Crippen LogP contribution in [0.15, 0.2) is 18.2 Å². The Morgan fingerprint density at radius 2 is 1.60 bits per heavy atom. The molecule has 5 fully saturated rings. The second-order valence-corrected chi connectivity index (χ2v) is 15.1. The topological polar surface area (TPSA) is 71.6 Å². The van der Waals surface area contributed by atoms with Crippen LogP contribution in [0.5, 0.6) is 0 Å². The zero-order valence-corrected chi connectivity index (χ0v) is 26.4. The molecule has 0 bridgehead atoms. The van der Waals surface area contributed by atoms with Crippen molar-refractivity contribution in [2.75, 3.05) is 37.7 Å². The highest BCUT2D eigenvalue weighted by Gasteiger charge is 2.57. The summed E-state index contributed by atoms with van der Waals surface area (Å²) in [5.41, 5.74) is 1.66. The van der Waals surface area contributed by atoms with Gasteiger partial charge >= 0.3 is 7.12 Å². The van der Waals surface area contributed by atoms with Crippen molar-refractivity contribution in [3.63, 3.8) is 0 Å². The van der Waals surface area contributed by atoms with Gasteiger partial charge in [0, 0.05) is 50.6 Å². The molecule has 5 heterocycles. The number of carbonyl (C=O) groups excluding carboxylic acids is 2. The van der Waals surface area contributed by atoms with Crippen LogP contribution in [0.1, 0.15) is 85.6 Å². The Kier molecular flexibility index (Phi) is 6.89. The Bertz CT molecular complexity index is 1220. The third-order valence-electron chi connectivity index (χ3n) is 12.1. The van der Waals surface area contributed by atoms with E-state index in [1.807, 2.05) is 4.90 Å². The third kappa shape index (κ3) is 4.40. The second-order valence-electron chi connectivity index (χ2n) is 15.1. The van der Waals surface area contributed by atoms with E-state index in [0.29, 0.717) is 38.6 Å². The Balaban J connectivity index is 1.16. The van der Waals surface area contributed by atoms with Gasteiger partial charge in [-0.1, -0.05) is 26.0 Å². The molecule has 2 amide bonds. The number of hydrogen-bond acceptors (Lipinski definition) is 6. The predicted molar refractivity (Wildman–Crippen MR) is 163 cm³/mol. The van der Waals surface area contributed by atoms with Crippen LogP contribution in [0.2, 0.25) is 0 Å². The molecule has 8 nitrogen and oxygen atoms in total. The summed E-state index contributed by atoms with van der Waals surface area (Å²) in [5, 5.41) is 0. The number of benzene rings is 1. The maximum atomic E-state index is 14.6. The lowest BCUT2D eigenvalue weighted by molar-refractivity contribution is -0.144. The van der Waals surface area contributed by atoms with E-state index in [4.69, 9.17) is 14.0 Å². The standard InChI is InChI=1S/C33H48BN3O5/c1-21-19-36(20-22(21)2)24-17-25(18-24)37-27-16-23(34-41-31(3,4)32(5,6)42-34)9-10-26(27)33(30(37)39)11-13-35(14-12-33)29(38)28-8-7-15-40-28/h9-10,16,21-22,24-25,28H,7-8,11-15,17-20H2,1-6H3/t21-,22+,24?,25?,28-/m0/s1. The molecule has 0 aromatic heterocycles. The van der Waals surface area contributed by atoms with E-state index in [0.717, 1.165) is 67.3 Å². The Labute approximate surface area is 251 Å². The molecule has 0 unspecified atom stereocenters. The summed E-state index contributed by atoms with van der Waals surface area (Å²) in [6.07, 6.45) is 4.78. The van der Waals surface area contributed by atoms with E-state index < -0.39 is 23.7 Å². The average molecular weight is 578 g/mol. The van der Waals surface area contributed by atoms with Crippen molar-refractivity contribution >= 4 is 30.1 Å². The van der Waals surface area contributed by atoms with Crippen LogP contribution in [0.25, 0.3) is 0 Å². The number of hydrogen-bond donors (Lipinski definition) is 0. The third-order valence-corrected chi connectivity index (χ3v) is 12.1. The first-order valence-electron chi connectivity index (χ1n) is 16.4. The zero-order valence-electron chi connectivity index (χ0n) is 26.4. The summed E-state index contributed by atoms with van der Waals surface area (Å²) in [7, 11) is -0.471. The molecule has 1 saturated carbocycles. The fourth-order valence-corrected chi connectivity index (χ4v) is 8.20. The van der Waals surface area contributed by atoms with Gasteiger partial charge in [-0.05, 0) is 95.1 Å². The van der Waals surface area contributed by atoms with Crippen LogP contribution in [0.3, 0.4) is 0 Å². The first kappa shape index (κ1) is 28.8. The number of piperidine rings is 1. The summed E-state index contributed by atoms with van der Waals surface area (Å²) >= 11 is 0. The van der Waals surface area contributed by atoms with Gasteiger partial charge in [-0.25, -0.2) is 0 Å². The van der Waals surface area contributed by atoms with Crippen molar-refractivity contribution in [1.82, 2.24) is 9.80 Å². The molecule has 228 valence electrons. The van der Waals surface area contributed by atoms with Crippen molar-refractivity contribution in [2.24, 2.45) is 11.8 Å². The molecule has 0 N–H and O–H groups in total. The largest absolute Gasteiger partial charge is 0.494 e. The maximum absolute atomic E-state index is 14.6. The smallest absolute Gasteiger partial charge is 0.399 e. The molecule has 9 heteroatoms. The summed E-state index contributed by atoms with van der Waals surface area (Å²) in [5.74, 6) is 1.77. The van der Waals surface area contributed by atoms with Crippen LogP contribution in [0.4, 0.5) is 5.69 Å². The first-order valence-corrected chi connectivity index (χ1v) is 16.4. The number of ether oxygens (including phenoxy) is 1. The van der Waals surface area contributed by atoms with E-state index in [-0.39, 0.29) is 24.0 Å².